The van der Waals surface area contributed by atoms with Gasteiger partial charge in [-0.25, -0.2) is 4.39 Å². The molecular weight excluding hydrogens is 282 g/mol. The minimum atomic E-state index is -4.64. The molecule has 5 heteroatoms. The molecule has 0 bridgehead atoms. The molecule has 1 N–H and O–H groups in total. The minimum Gasteiger partial charge on any atom is -0.316 e. The lowest BCUT2D eigenvalue weighted by Gasteiger charge is -2.34. The van der Waals surface area contributed by atoms with Crippen molar-refractivity contribution in [2.45, 2.75) is 38.8 Å². The Bertz CT molecular complexity index is 482. The third-order valence-corrected chi connectivity index (χ3v) is 4.11. The van der Waals surface area contributed by atoms with E-state index in [4.69, 9.17) is 0 Å². The monoisotopic (exact) mass is 303 g/mol. The maximum absolute atomic E-state index is 13.4. The van der Waals surface area contributed by atoms with Gasteiger partial charge in [0.2, 0.25) is 0 Å². The molecule has 21 heavy (non-hydrogen) atoms. The second kappa shape index (κ2) is 6.34. The maximum atomic E-state index is 13.4. The number of rotatable bonds is 3. The number of benzene rings is 1. The highest BCUT2D eigenvalue weighted by Crippen LogP contribution is 2.38. The summed E-state index contributed by atoms with van der Waals surface area (Å²) >= 11 is 0. The van der Waals surface area contributed by atoms with E-state index in [-0.39, 0.29) is 5.92 Å². The van der Waals surface area contributed by atoms with Crippen molar-refractivity contribution >= 4 is 0 Å². The van der Waals surface area contributed by atoms with Gasteiger partial charge in [-0.3, -0.25) is 0 Å². The topological polar surface area (TPSA) is 12.0 Å². The summed E-state index contributed by atoms with van der Waals surface area (Å²) < 4.78 is 52.0. The van der Waals surface area contributed by atoms with E-state index in [9.17, 15) is 17.6 Å². The molecule has 0 saturated carbocycles. The summed E-state index contributed by atoms with van der Waals surface area (Å²) in [4.78, 5) is 0. The average molecular weight is 303 g/mol. The largest absolute Gasteiger partial charge is 0.419 e. The first-order chi connectivity index (χ1) is 9.79. The Morgan fingerprint density at radius 3 is 2.62 bits per heavy atom. The average Bonchev–Trinajstić information content (AvgIpc) is 2.38. The molecule has 0 spiro atoms. The minimum absolute atomic E-state index is 0.0651. The zero-order chi connectivity index (χ0) is 15.6. The van der Waals surface area contributed by atoms with Crippen LogP contribution in [0, 0.1) is 17.7 Å². The van der Waals surface area contributed by atoms with Crippen molar-refractivity contribution in [3.8, 4) is 0 Å². The van der Waals surface area contributed by atoms with Gasteiger partial charge in [0.25, 0.3) is 0 Å². The van der Waals surface area contributed by atoms with Crippen LogP contribution in [0.3, 0.4) is 0 Å². The molecule has 0 aliphatic carbocycles. The molecule has 1 saturated heterocycles. The Morgan fingerprint density at radius 1 is 1.29 bits per heavy atom. The van der Waals surface area contributed by atoms with Crippen molar-refractivity contribution < 1.29 is 17.6 Å². The molecule has 2 rings (SSSR count). The quantitative estimate of drug-likeness (QED) is 0.806. The molecule has 1 heterocycles. The zero-order valence-electron chi connectivity index (χ0n) is 12.3. The van der Waals surface area contributed by atoms with Gasteiger partial charge in [0, 0.05) is 0 Å². The van der Waals surface area contributed by atoms with Crippen LogP contribution in [0.2, 0.25) is 0 Å². The molecule has 0 aromatic heterocycles. The normalized spacial score (nSPS) is 23.6. The van der Waals surface area contributed by atoms with E-state index in [1.54, 1.807) is 0 Å². The first kappa shape index (κ1) is 16.3. The lowest BCUT2D eigenvalue weighted by molar-refractivity contribution is -0.140. The fourth-order valence-corrected chi connectivity index (χ4v) is 3.21. The zero-order valence-corrected chi connectivity index (χ0v) is 12.3. The number of piperidine rings is 1. The molecule has 1 aliphatic heterocycles. The predicted molar refractivity (Wildman–Crippen MR) is 74.6 cm³/mol. The molecular formula is C16H21F4N. The fraction of sp³-hybridized carbons (Fsp3) is 0.625. The molecule has 1 aliphatic rings. The maximum Gasteiger partial charge on any atom is 0.419 e. The van der Waals surface area contributed by atoms with Gasteiger partial charge in [0.15, 0.2) is 0 Å². The SMILES string of the molecule is CC(C)CC1CNCCC1c1ccc(F)c(C(F)(F)F)c1. The first-order valence-corrected chi connectivity index (χ1v) is 7.36. The molecule has 1 aromatic rings. The van der Waals surface area contributed by atoms with E-state index in [0.717, 1.165) is 38.1 Å². The third-order valence-electron chi connectivity index (χ3n) is 4.11. The van der Waals surface area contributed by atoms with E-state index in [1.807, 2.05) is 0 Å². The van der Waals surface area contributed by atoms with Gasteiger partial charge < -0.3 is 5.32 Å². The third kappa shape index (κ3) is 3.96. The van der Waals surface area contributed by atoms with Gasteiger partial charge in [0.05, 0.1) is 5.56 Å². The number of alkyl halides is 3. The molecule has 1 fully saturated rings. The lowest BCUT2D eigenvalue weighted by Crippen LogP contribution is -2.36. The van der Waals surface area contributed by atoms with Crippen LogP contribution in [0.4, 0.5) is 17.6 Å². The van der Waals surface area contributed by atoms with Crippen molar-refractivity contribution in [1.82, 2.24) is 5.32 Å². The highest BCUT2D eigenvalue weighted by molar-refractivity contribution is 5.30. The van der Waals surface area contributed by atoms with E-state index in [2.05, 4.69) is 19.2 Å². The van der Waals surface area contributed by atoms with Gasteiger partial charge >= 0.3 is 6.18 Å². The highest BCUT2D eigenvalue weighted by Gasteiger charge is 2.36. The Labute approximate surface area is 122 Å². The number of hydrogen-bond acceptors (Lipinski definition) is 1. The van der Waals surface area contributed by atoms with Crippen LogP contribution in [-0.4, -0.2) is 13.1 Å². The van der Waals surface area contributed by atoms with Crippen LogP contribution in [0.1, 0.15) is 43.7 Å². The summed E-state index contributed by atoms with van der Waals surface area (Å²) in [6.45, 7) is 5.81. The second-order valence-corrected chi connectivity index (χ2v) is 6.23. The lowest BCUT2D eigenvalue weighted by atomic mass is 9.77. The van der Waals surface area contributed by atoms with Crippen molar-refractivity contribution in [1.29, 1.82) is 0 Å². The molecule has 2 atom stereocenters. The van der Waals surface area contributed by atoms with Crippen LogP contribution < -0.4 is 5.32 Å². The van der Waals surface area contributed by atoms with Crippen LogP contribution in [0.5, 0.6) is 0 Å². The summed E-state index contributed by atoms with van der Waals surface area (Å²) in [5.41, 5.74) is -0.544. The van der Waals surface area contributed by atoms with Crippen LogP contribution in [0.25, 0.3) is 0 Å². The van der Waals surface area contributed by atoms with E-state index < -0.39 is 17.6 Å². The summed E-state index contributed by atoms with van der Waals surface area (Å²) in [7, 11) is 0. The summed E-state index contributed by atoms with van der Waals surface area (Å²) in [5.74, 6) is -0.346. The van der Waals surface area contributed by atoms with Crippen molar-refractivity contribution in [3.05, 3.63) is 35.1 Å². The number of halogens is 4. The molecule has 0 amide bonds. The van der Waals surface area contributed by atoms with Crippen LogP contribution in [0.15, 0.2) is 18.2 Å². The molecule has 1 nitrogen and oxygen atoms in total. The molecule has 0 radical (unpaired) electrons. The van der Waals surface area contributed by atoms with Gasteiger partial charge in [-0.05, 0) is 61.4 Å². The Kier molecular flexibility index (Phi) is 4.91. The van der Waals surface area contributed by atoms with E-state index >= 15 is 0 Å². The van der Waals surface area contributed by atoms with Crippen molar-refractivity contribution in [3.63, 3.8) is 0 Å². The van der Waals surface area contributed by atoms with Gasteiger partial charge in [-0.1, -0.05) is 19.9 Å². The van der Waals surface area contributed by atoms with Crippen molar-refractivity contribution in [2.24, 2.45) is 11.8 Å². The Balaban J connectivity index is 2.30. The van der Waals surface area contributed by atoms with Gasteiger partial charge in [0.1, 0.15) is 5.82 Å². The smallest absolute Gasteiger partial charge is 0.316 e. The van der Waals surface area contributed by atoms with E-state index in [1.165, 1.54) is 6.07 Å². The van der Waals surface area contributed by atoms with Crippen LogP contribution in [-0.2, 0) is 6.18 Å². The Hall–Kier alpha value is -1.10. The second-order valence-electron chi connectivity index (χ2n) is 6.23. The molecule has 118 valence electrons. The number of nitrogens with one attached hydrogen (secondary N) is 1. The summed E-state index contributed by atoms with van der Waals surface area (Å²) in [6.07, 6.45) is -2.89. The molecule has 2 unspecified atom stereocenters. The Morgan fingerprint density at radius 2 is 2.00 bits per heavy atom. The van der Waals surface area contributed by atoms with Gasteiger partial charge in [-0.15, -0.1) is 0 Å². The van der Waals surface area contributed by atoms with Gasteiger partial charge in [-0.2, -0.15) is 13.2 Å². The fourth-order valence-electron chi connectivity index (χ4n) is 3.21. The highest BCUT2D eigenvalue weighted by atomic mass is 19.4. The standard InChI is InChI=1S/C16H21F4N/c1-10(2)7-12-9-21-6-5-13(12)11-3-4-15(17)14(8-11)16(18,19)20/h3-4,8,10,12-13,21H,5-7,9H2,1-2H3. The predicted octanol–water partition coefficient (Wildman–Crippen LogP) is 4.58. The van der Waals surface area contributed by atoms with E-state index in [0.29, 0.717) is 17.4 Å². The number of hydrogen-bond donors (Lipinski definition) is 1. The molecule has 1 aromatic carbocycles. The first-order valence-electron chi connectivity index (χ1n) is 7.36. The summed E-state index contributed by atoms with van der Waals surface area (Å²) in [5, 5.41) is 3.30. The van der Waals surface area contributed by atoms with Crippen molar-refractivity contribution in [2.75, 3.05) is 13.1 Å². The summed E-state index contributed by atoms with van der Waals surface area (Å²) in [6, 6.07) is 3.46. The van der Waals surface area contributed by atoms with Crippen LogP contribution >= 0.6 is 0 Å².